The van der Waals surface area contributed by atoms with Crippen molar-refractivity contribution in [2.75, 3.05) is 23.2 Å². The molecule has 160 valence electrons. The van der Waals surface area contributed by atoms with Gasteiger partial charge in [-0.2, -0.15) is 20.1 Å². The molecule has 0 aliphatic carbocycles. The van der Waals surface area contributed by atoms with Crippen LogP contribution in [0.5, 0.6) is 5.75 Å². The number of methoxy groups -OCH3 is 1. The minimum Gasteiger partial charge on any atom is -0.497 e. The fourth-order valence-corrected chi connectivity index (χ4v) is 3.31. The molecular weight excluding hydrogens is 517 g/mol. The van der Waals surface area contributed by atoms with E-state index in [0.717, 1.165) is 26.3 Å². The van der Waals surface area contributed by atoms with Crippen LogP contribution in [0, 0.1) is 3.57 Å². The maximum atomic E-state index is 5.21. The Morgan fingerprint density at radius 1 is 0.781 bits per heavy atom. The van der Waals surface area contributed by atoms with Crippen molar-refractivity contribution >= 4 is 58.0 Å². The van der Waals surface area contributed by atoms with Crippen LogP contribution in [0.25, 0.3) is 0 Å². The van der Waals surface area contributed by atoms with Gasteiger partial charge in [-0.1, -0.05) is 30.3 Å². The average Bonchev–Trinajstić information content (AvgIpc) is 2.80. The van der Waals surface area contributed by atoms with Gasteiger partial charge in [0.1, 0.15) is 5.75 Å². The van der Waals surface area contributed by atoms with Crippen molar-refractivity contribution in [2.45, 2.75) is 0 Å². The van der Waals surface area contributed by atoms with Crippen molar-refractivity contribution in [3.8, 4) is 5.75 Å². The Bertz CT molecular complexity index is 1200. The van der Waals surface area contributed by atoms with Crippen molar-refractivity contribution in [1.29, 1.82) is 0 Å². The summed E-state index contributed by atoms with van der Waals surface area (Å²) in [6.45, 7) is 0. The number of para-hydroxylation sites is 1. The quantitative estimate of drug-likeness (QED) is 0.157. The Balaban J connectivity index is 1.57. The highest BCUT2D eigenvalue weighted by Crippen LogP contribution is 2.20. The van der Waals surface area contributed by atoms with Crippen LogP contribution in [0.3, 0.4) is 0 Å². The van der Waals surface area contributed by atoms with E-state index < -0.39 is 0 Å². The SMILES string of the molecule is COc1ccc(Nc2nc(N/N=C/c3cccc(I)c3)nc(Nc3ccccc3)n2)cc1. The standard InChI is InChI=1S/C23H20IN7O/c1-32-20-12-10-19(11-13-20)27-22-28-21(26-18-8-3-2-4-9-18)29-23(30-22)31-25-15-16-6-5-7-17(24)14-16/h2-15H,1H3,(H3,26,27,28,29,30,31)/b25-15+. The molecule has 0 atom stereocenters. The molecule has 0 aliphatic heterocycles. The van der Waals surface area contributed by atoms with E-state index in [1.54, 1.807) is 13.3 Å². The minimum atomic E-state index is 0.302. The van der Waals surface area contributed by atoms with E-state index in [-0.39, 0.29) is 0 Å². The van der Waals surface area contributed by atoms with Crippen LogP contribution in [-0.4, -0.2) is 28.3 Å². The summed E-state index contributed by atoms with van der Waals surface area (Å²) >= 11 is 2.26. The highest BCUT2D eigenvalue weighted by molar-refractivity contribution is 14.1. The number of aromatic nitrogens is 3. The van der Waals surface area contributed by atoms with Crippen LogP contribution in [0.4, 0.5) is 29.2 Å². The number of benzene rings is 3. The number of ether oxygens (including phenoxy) is 1. The third-order valence-electron chi connectivity index (χ3n) is 4.24. The van der Waals surface area contributed by atoms with E-state index in [2.05, 4.69) is 58.7 Å². The predicted octanol–water partition coefficient (Wildman–Crippen LogP) is 5.42. The molecule has 0 aliphatic rings. The molecule has 4 aromatic rings. The van der Waals surface area contributed by atoms with Crippen LogP contribution in [-0.2, 0) is 0 Å². The van der Waals surface area contributed by atoms with Gasteiger partial charge in [-0.25, -0.2) is 5.43 Å². The van der Waals surface area contributed by atoms with E-state index >= 15 is 0 Å². The lowest BCUT2D eigenvalue weighted by Crippen LogP contribution is -2.07. The molecule has 0 saturated carbocycles. The lowest BCUT2D eigenvalue weighted by atomic mass is 10.2. The van der Waals surface area contributed by atoms with Gasteiger partial charge in [-0.15, -0.1) is 0 Å². The largest absolute Gasteiger partial charge is 0.497 e. The maximum Gasteiger partial charge on any atom is 0.250 e. The minimum absolute atomic E-state index is 0.302. The summed E-state index contributed by atoms with van der Waals surface area (Å²) in [5.74, 6) is 1.82. The number of nitrogens with one attached hydrogen (secondary N) is 3. The molecule has 9 heteroatoms. The third-order valence-corrected chi connectivity index (χ3v) is 4.91. The third kappa shape index (κ3) is 6.14. The van der Waals surface area contributed by atoms with Gasteiger partial charge in [0.2, 0.25) is 17.8 Å². The van der Waals surface area contributed by atoms with Gasteiger partial charge in [0.15, 0.2) is 0 Å². The Morgan fingerprint density at radius 3 is 2.09 bits per heavy atom. The molecule has 0 bridgehead atoms. The number of hydrazone groups is 1. The second-order valence-corrected chi connectivity index (χ2v) is 7.82. The topological polar surface area (TPSA) is 96.4 Å². The van der Waals surface area contributed by atoms with Crippen molar-refractivity contribution in [3.05, 3.63) is 88.0 Å². The van der Waals surface area contributed by atoms with Crippen molar-refractivity contribution in [2.24, 2.45) is 5.10 Å². The Morgan fingerprint density at radius 2 is 1.44 bits per heavy atom. The Kier molecular flexibility index (Phi) is 7.08. The van der Waals surface area contributed by atoms with E-state index in [9.17, 15) is 0 Å². The first-order valence-corrected chi connectivity index (χ1v) is 10.8. The fourth-order valence-electron chi connectivity index (χ4n) is 2.74. The Labute approximate surface area is 199 Å². The van der Waals surface area contributed by atoms with Gasteiger partial charge in [0.05, 0.1) is 13.3 Å². The zero-order valence-corrected chi connectivity index (χ0v) is 19.3. The summed E-state index contributed by atoms with van der Waals surface area (Å²) in [7, 11) is 1.63. The number of nitrogens with zero attached hydrogens (tertiary/aromatic N) is 4. The number of hydrogen-bond acceptors (Lipinski definition) is 8. The average molecular weight is 537 g/mol. The molecule has 0 fully saturated rings. The van der Waals surface area contributed by atoms with Gasteiger partial charge in [0.25, 0.3) is 0 Å². The fraction of sp³-hybridized carbons (Fsp3) is 0.0435. The van der Waals surface area contributed by atoms with Gasteiger partial charge in [-0.3, -0.25) is 0 Å². The predicted molar refractivity (Wildman–Crippen MR) is 136 cm³/mol. The molecule has 1 heterocycles. The number of anilines is 5. The van der Waals surface area contributed by atoms with E-state index in [0.29, 0.717) is 17.8 Å². The monoisotopic (exact) mass is 537 g/mol. The summed E-state index contributed by atoms with van der Waals surface area (Å²) in [5.41, 5.74) is 5.54. The van der Waals surface area contributed by atoms with Gasteiger partial charge in [-0.05, 0) is 76.7 Å². The highest BCUT2D eigenvalue weighted by Gasteiger charge is 2.08. The molecule has 0 unspecified atom stereocenters. The highest BCUT2D eigenvalue weighted by atomic mass is 127. The summed E-state index contributed by atoms with van der Waals surface area (Å²) < 4.78 is 6.34. The molecule has 3 N–H and O–H groups in total. The molecule has 0 amide bonds. The molecule has 4 rings (SSSR count). The maximum absolute atomic E-state index is 5.21. The zero-order chi connectivity index (χ0) is 22.2. The van der Waals surface area contributed by atoms with E-state index in [1.807, 2.05) is 78.9 Å². The first kappa shape index (κ1) is 21.5. The van der Waals surface area contributed by atoms with Crippen molar-refractivity contribution in [1.82, 2.24) is 15.0 Å². The lowest BCUT2D eigenvalue weighted by Gasteiger charge is -2.10. The number of hydrogen-bond donors (Lipinski definition) is 3. The zero-order valence-electron chi connectivity index (χ0n) is 17.2. The molecule has 32 heavy (non-hydrogen) atoms. The molecule has 0 radical (unpaired) electrons. The molecule has 3 aromatic carbocycles. The van der Waals surface area contributed by atoms with Crippen molar-refractivity contribution in [3.63, 3.8) is 0 Å². The molecule has 0 spiro atoms. The molecule has 0 saturated heterocycles. The van der Waals surface area contributed by atoms with Crippen LogP contribution < -0.4 is 20.8 Å². The van der Waals surface area contributed by atoms with Gasteiger partial charge >= 0.3 is 0 Å². The second-order valence-electron chi connectivity index (χ2n) is 6.58. The summed E-state index contributed by atoms with van der Waals surface area (Å²) in [4.78, 5) is 13.3. The normalized spacial score (nSPS) is 10.7. The van der Waals surface area contributed by atoms with Crippen LogP contribution >= 0.6 is 22.6 Å². The molecule has 8 nitrogen and oxygen atoms in total. The second kappa shape index (κ2) is 10.5. The van der Waals surface area contributed by atoms with E-state index in [4.69, 9.17) is 4.74 Å². The van der Waals surface area contributed by atoms with Crippen molar-refractivity contribution < 1.29 is 4.74 Å². The van der Waals surface area contributed by atoms with Gasteiger partial charge < -0.3 is 15.4 Å². The van der Waals surface area contributed by atoms with Crippen LogP contribution in [0.2, 0.25) is 0 Å². The molecular formula is C23H20IN7O. The van der Waals surface area contributed by atoms with Gasteiger partial charge in [0, 0.05) is 14.9 Å². The summed E-state index contributed by atoms with van der Waals surface area (Å²) in [6.07, 6.45) is 1.72. The summed E-state index contributed by atoms with van der Waals surface area (Å²) in [5, 5.41) is 10.6. The first-order valence-electron chi connectivity index (χ1n) is 9.72. The number of halogens is 1. The van der Waals surface area contributed by atoms with Crippen LogP contribution in [0.1, 0.15) is 5.56 Å². The first-order chi connectivity index (χ1) is 15.7. The number of rotatable bonds is 8. The molecule has 1 aromatic heterocycles. The Hall–Kier alpha value is -3.73. The lowest BCUT2D eigenvalue weighted by molar-refractivity contribution is 0.415. The summed E-state index contributed by atoms with van der Waals surface area (Å²) in [6, 6.07) is 25.2. The smallest absolute Gasteiger partial charge is 0.250 e. The van der Waals surface area contributed by atoms with Crippen LogP contribution in [0.15, 0.2) is 84.0 Å². The van der Waals surface area contributed by atoms with E-state index in [1.165, 1.54) is 0 Å².